The molecule has 0 aliphatic carbocycles. The van der Waals surface area contributed by atoms with E-state index in [1.165, 1.54) is 11.3 Å². The fraction of sp³-hybridized carbons (Fsp3) is 0.421. The Balaban J connectivity index is 1.52. The molecule has 1 unspecified atom stereocenters. The number of carbonyl (C=O) groups excluding carboxylic acids is 2. The average Bonchev–Trinajstić information content (AvgIpc) is 2.92. The Morgan fingerprint density at radius 2 is 2.15 bits per heavy atom. The predicted molar refractivity (Wildman–Crippen MR) is 109 cm³/mol. The van der Waals surface area contributed by atoms with E-state index in [9.17, 15) is 9.59 Å². The Morgan fingerprint density at radius 3 is 2.85 bits per heavy atom. The molecule has 2 amide bonds. The van der Waals surface area contributed by atoms with Crippen LogP contribution in [0.3, 0.4) is 0 Å². The lowest BCUT2D eigenvalue weighted by Gasteiger charge is -2.31. The first kappa shape index (κ1) is 19.8. The molecule has 2 N–H and O–H groups in total. The summed E-state index contributed by atoms with van der Waals surface area (Å²) in [4.78, 5) is 32.3. The minimum absolute atomic E-state index is 0.0338. The summed E-state index contributed by atoms with van der Waals surface area (Å²) in [6, 6.07) is 7.11. The third kappa shape index (κ3) is 5.51. The van der Waals surface area contributed by atoms with E-state index in [2.05, 4.69) is 15.6 Å². The Kier molecular flexibility index (Phi) is 6.46. The highest BCUT2D eigenvalue weighted by Gasteiger charge is 2.27. The molecule has 0 bridgehead atoms. The number of anilines is 2. The number of rotatable bonds is 5. The summed E-state index contributed by atoms with van der Waals surface area (Å²) in [5.41, 5.74) is 1.63. The second-order valence-electron chi connectivity index (χ2n) is 6.78. The van der Waals surface area contributed by atoms with Gasteiger partial charge in [0.1, 0.15) is 0 Å². The van der Waals surface area contributed by atoms with Gasteiger partial charge in [0.2, 0.25) is 11.8 Å². The van der Waals surface area contributed by atoms with Gasteiger partial charge in [0, 0.05) is 22.1 Å². The van der Waals surface area contributed by atoms with Crippen molar-refractivity contribution in [3.05, 3.63) is 39.9 Å². The van der Waals surface area contributed by atoms with Crippen molar-refractivity contribution in [3.8, 4) is 0 Å². The Bertz CT molecular complexity index is 819. The molecular formula is C19H23ClN4O2S. The zero-order valence-electron chi connectivity index (χ0n) is 15.4. The lowest BCUT2D eigenvalue weighted by Crippen LogP contribution is -2.43. The Morgan fingerprint density at radius 1 is 1.33 bits per heavy atom. The minimum atomic E-state index is -0.144. The molecule has 144 valence electrons. The van der Waals surface area contributed by atoms with Crippen LogP contribution in [0.15, 0.2) is 24.3 Å². The van der Waals surface area contributed by atoms with Gasteiger partial charge in [-0.3, -0.25) is 14.5 Å². The summed E-state index contributed by atoms with van der Waals surface area (Å²) in [5, 5.41) is 6.98. The van der Waals surface area contributed by atoms with Crippen LogP contribution in [-0.2, 0) is 9.59 Å². The first-order valence-electron chi connectivity index (χ1n) is 8.93. The van der Waals surface area contributed by atoms with Crippen LogP contribution >= 0.6 is 22.9 Å². The molecule has 3 rings (SSSR count). The van der Waals surface area contributed by atoms with Gasteiger partial charge in [-0.1, -0.05) is 17.7 Å². The molecule has 1 aliphatic heterocycles. The van der Waals surface area contributed by atoms with Gasteiger partial charge in [-0.05, 0) is 51.4 Å². The highest BCUT2D eigenvalue weighted by atomic mass is 35.5. The quantitative estimate of drug-likeness (QED) is 0.793. The zero-order chi connectivity index (χ0) is 19.4. The number of thiazole rings is 1. The smallest absolute Gasteiger partial charge is 0.240 e. The second kappa shape index (κ2) is 8.82. The van der Waals surface area contributed by atoms with Crippen molar-refractivity contribution in [3.63, 3.8) is 0 Å². The number of aryl methyl sites for hydroxylation is 2. The molecule has 0 radical (unpaired) electrons. The van der Waals surface area contributed by atoms with Gasteiger partial charge in [0.15, 0.2) is 5.13 Å². The molecule has 2 aromatic rings. The van der Waals surface area contributed by atoms with Gasteiger partial charge in [0.25, 0.3) is 0 Å². The number of nitrogens with one attached hydrogen (secondary N) is 2. The van der Waals surface area contributed by atoms with Crippen molar-refractivity contribution in [1.29, 1.82) is 0 Å². The van der Waals surface area contributed by atoms with Crippen LogP contribution < -0.4 is 10.6 Å². The van der Waals surface area contributed by atoms with E-state index < -0.39 is 0 Å². The van der Waals surface area contributed by atoms with E-state index in [1.54, 1.807) is 18.2 Å². The van der Waals surface area contributed by atoms with Crippen molar-refractivity contribution in [1.82, 2.24) is 9.88 Å². The van der Waals surface area contributed by atoms with Crippen LogP contribution in [0.25, 0.3) is 0 Å². The van der Waals surface area contributed by atoms with Gasteiger partial charge < -0.3 is 10.6 Å². The summed E-state index contributed by atoms with van der Waals surface area (Å²) in [7, 11) is 0. The molecule has 0 spiro atoms. The van der Waals surface area contributed by atoms with Crippen LogP contribution in [0.4, 0.5) is 10.8 Å². The number of halogens is 1. The summed E-state index contributed by atoms with van der Waals surface area (Å²) in [5.74, 6) is -0.275. The van der Waals surface area contributed by atoms with Crippen LogP contribution in [0.5, 0.6) is 0 Å². The SMILES string of the molecule is Cc1nc(NC(=O)CN2CCCC(C(=O)Nc3cccc(Cl)c3)C2)sc1C. The molecule has 1 saturated heterocycles. The molecule has 1 fully saturated rings. The van der Waals surface area contributed by atoms with Gasteiger partial charge in [-0.2, -0.15) is 0 Å². The van der Waals surface area contributed by atoms with Gasteiger partial charge in [-0.25, -0.2) is 4.98 Å². The number of hydrogen-bond donors (Lipinski definition) is 2. The molecule has 27 heavy (non-hydrogen) atoms. The second-order valence-corrected chi connectivity index (χ2v) is 8.42. The van der Waals surface area contributed by atoms with E-state index in [4.69, 9.17) is 11.6 Å². The topological polar surface area (TPSA) is 74.3 Å². The number of nitrogens with zero attached hydrogens (tertiary/aromatic N) is 2. The largest absolute Gasteiger partial charge is 0.326 e. The van der Waals surface area contributed by atoms with Gasteiger partial charge in [0.05, 0.1) is 18.2 Å². The summed E-state index contributed by atoms with van der Waals surface area (Å²) < 4.78 is 0. The van der Waals surface area contributed by atoms with E-state index >= 15 is 0 Å². The van der Waals surface area contributed by atoms with Crippen molar-refractivity contribution in [2.75, 3.05) is 30.3 Å². The molecule has 1 aliphatic rings. The fourth-order valence-corrected chi connectivity index (χ4v) is 4.13. The summed E-state index contributed by atoms with van der Waals surface area (Å²) in [6.07, 6.45) is 1.70. The monoisotopic (exact) mass is 406 g/mol. The van der Waals surface area contributed by atoms with E-state index in [0.29, 0.717) is 22.4 Å². The third-order valence-electron chi connectivity index (χ3n) is 4.61. The zero-order valence-corrected chi connectivity index (χ0v) is 17.0. The van der Waals surface area contributed by atoms with E-state index in [-0.39, 0.29) is 24.3 Å². The maximum atomic E-state index is 12.6. The maximum Gasteiger partial charge on any atom is 0.240 e. The molecule has 2 heterocycles. The lowest BCUT2D eigenvalue weighted by atomic mass is 9.97. The van der Waals surface area contributed by atoms with Crippen molar-refractivity contribution in [2.45, 2.75) is 26.7 Å². The van der Waals surface area contributed by atoms with Crippen LogP contribution in [0, 0.1) is 19.8 Å². The number of benzene rings is 1. The maximum absolute atomic E-state index is 12.6. The van der Waals surface area contributed by atoms with E-state index in [1.807, 2.05) is 24.8 Å². The fourth-order valence-electron chi connectivity index (χ4n) is 3.11. The number of aromatic nitrogens is 1. The van der Waals surface area contributed by atoms with Crippen LogP contribution in [0.2, 0.25) is 5.02 Å². The number of carbonyl (C=O) groups is 2. The first-order chi connectivity index (χ1) is 12.9. The average molecular weight is 407 g/mol. The molecule has 1 aromatic heterocycles. The molecular weight excluding hydrogens is 384 g/mol. The highest BCUT2D eigenvalue weighted by Crippen LogP contribution is 2.22. The van der Waals surface area contributed by atoms with E-state index in [0.717, 1.165) is 30.0 Å². The van der Waals surface area contributed by atoms with Crippen molar-refractivity contribution >= 4 is 45.6 Å². The van der Waals surface area contributed by atoms with Crippen LogP contribution in [0.1, 0.15) is 23.4 Å². The van der Waals surface area contributed by atoms with Gasteiger partial charge >= 0.3 is 0 Å². The third-order valence-corrected chi connectivity index (χ3v) is 5.83. The lowest BCUT2D eigenvalue weighted by molar-refractivity contribution is -0.123. The normalized spacial score (nSPS) is 17.5. The molecule has 1 aromatic carbocycles. The highest BCUT2D eigenvalue weighted by molar-refractivity contribution is 7.15. The molecule has 8 heteroatoms. The van der Waals surface area contributed by atoms with Crippen molar-refractivity contribution < 1.29 is 9.59 Å². The van der Waals surface area contributed by atoms with Gasteiger partial charge in [-0.15, -0.1) is 11.3 Å². The van der Waals surface area contributed by atoms with Crippen LogP contribution in [-0.4, -0.2) is 41.3 Å². The number of likely N-dealkylation sites (tertiary alicyclic amines) is 1. The molecule has 1 atom stereocenters. The molecule has 6 nitrogen and oxygen atoms in total. The Labute approximate surface area is 167 Å². The Hall–Kier alpha value is -1.96. The number of amides is 2. The minimum Gasteiger partial charge on any atom is -0.326 e. The predicted octanol–water partition coefficient (Wildman–Crippen LogP) is 3.70. The van der Waals surface area contributed by atoms with Crippen molar-refractivity contribution in [2.24, 2.45) is 5.92 Å². The number of hydrogen-bond acceptors (Lipinski definition) is 5. The summed E-state index contributed by atoms with van der Waals surface area (Å²) >= 11 is 7.44. The summed E-state index contributed by atoms with van der Waals surface area (Å²) in [6.45, 7) is 5.55. The first-order valence-corrected chi connectivity index (χ1v) is 10.1. The number of piperidine rings is 1. The molecule has 0 saturated carbocycles. The standard InChI is InChI=1S/C19H23ClN4O2S/c1-12-13(2)27-19(21-12)23-17(25)11-24-8-4-5-14(10-24)18(26)22-16-7-3-6-15(20)9-16/h3,6-7,9,14H,4-5,8,10-11H2,1-2H3,(H,22,26)(H,21,23,25).